The van der Waals surface area contributed by atoms with E-state index in [4.69, 9.17) is 9.52 Å². The third-order valence-electron chi connectivity index (χ3n) is 2.01. The molecule has 15 heavy (non-hydrogen) atoms. The summed E-state index contributed by atoms with van der Waals surface area (Å²) in [5, 5.41) is 8.70. The Balaban J connectivity index is 2.55. The second kappa shape index (κ2) is 3.66. The number of rotatable bonds is 2. The second-order valence-corrected chi connectivity index (χ2v) is 4.07. The summed E-state index contributed by atoms with van der Waals surface area (Å²) >= 11 is 3.30. The average molecular weight is 270 g/mol. The van der Waals surface area contributed by atoms with Crippen LogP contribution < -0.4 is 0 Å². The fourth-order valence-corrected chi connectivity index (χ4v) is 1.87. The van der Waals surface area contributed by atoms with Crippen LogP contribution in [0.2, 0.25) is 0 Å². The average Bonchev–Trinajstić information content (AvgIpc) is 2.44. The van der Waals surface area contributed by atoms with Crippen molar-refractivity contribution in [2.45, 2.75) is 13.3 Å². The van der Waals surface area contributed by atoms with Crippen LogP contribution in [0.3, 0.4) is 0 Å². The summed E-state index contributed by atoms with van der Waals surface area (Å²) in [5.41, 5.74) is 2.05. The van der Waals surface area contributed by atoms with Crippen LogP contribution in [0.4, 0.5) is 0 Å². The molecule has 78 valence electrons. The number of aliphatic carboxylic acids is 1. The summed E-state index contributed by atoms with van der Waals surface area (Å²) in [7, 11) is 0. The van der Waals surface area contributed by atoms with E-state index in [9.17, 15) is 4.79 Å². The standard InChI is InChI=1S/C10H8BrNO3/c1-5-12-8-2-6(3-10(13)14)7(11)4-9(8)15-5/h2,4H,3H2,1H3,(H,13,14). The number of hydrogen-bond donors (Lipinski definition) is 1. The van der Waals surface area contributed by atoms with Crippen LogP contribution in [0.1, 0.15) is 11.5 Å². The van der Waals surface area contributed by atoms with Crippen molar-refractivity contribution in [2.75, 3.05) is 0 Å². The molecular formula is C10H8BrNO3. The number of hydrogen-bond acceptors (Lipinski definition) is 3. The summed E-state index contributed by atoms with van der Waals surface area (Å²) in [6, 6.07) is 3.47. The van der Waals surface area contributed by atoms with Crippen LogP contribution in [0.25, 0.3) is 11.1 Å². The Kier molecular flexibility index (Phi) is 2.48. The van der Waals surface area contributed by atoms with Crippen LogP contribution in [0, 0.1) is 6.92 Å². The van der Waals surface area contributed by atoms with Crippen molar-refractivity contribution in [3.05, 3.63) is 28.1 Å². The number of aryl methyl sites for hydroxylation is 1. The van der Waals surface area contributed by atoms with E-state index in [0.29, 0.717) is 22.6 Å². The van der Waals surface area contributed by atoms with Gasteiger partial charge in [0.1, 0.15) is 5.52 Å². The molecule has 0 unspecified atom stereocenters. The molecule has 0 amide bonds. The SMILES string of the molecule is Cc1nc2cc(CC(=O)O)c(Br)cc2o1. The van der Waals surface area contributed by atoms with Gasteiger partial charge in [-0.3, -0.25) is 4.79 Å². The van der Waals surface area contributed by atoms with Crippen molar-refractivity contribution in [1.82, 2.24) is 4.98 Å². The molecule has 1 aromatic heterocycles. The highest BCUT2D eigenvalue weighted by atomic mass is 79.9. The van der Waals surface area contributed by atoms with Crippen LogP contribution in [-0.4, -0.2) is 16.1 Å². The Bertz CT molecular complexity index is 533. The highest BCUT2D eigenvalue weighted by Crippen LogP contribution is 2.25. The number of carboxylic acids is 1. The molecule has 0 bridgehead atoms. The summed E-state index contributed by atoms with van der Waals surface area (Å²) < 4.78 is 6.05. The first-order chi connectivity index (χ1) is 7.06. The molecular weight excluding hydrogens is 262 g/mol. The van der Waals surface area contributed by atoms with Crippen molar-refractivity contribution >= 4 is 33.0 Å². The predicted octanol–water partition coefficient (Wildman–Crippen LogP) is 2.53. The van der Waals surface area contributed by atoms with Gasteiger partial charge < -0.3 is 9.52 Å². The normalized spacial score (nSPS) is 10.8. The number of halogens is 1. The van der Waals surface area contributed by atoms with Crippen LogP contribution >= 0.6 is 15.9 Å². The molecule has 2 aromatic rings. The zero-order valence-electron chi connectivity index (χ0n) is 7.95. The zero-order chi connectivity index (χ0) is 11.0. The number of carboxylic acid groups (broad SMARTS) is 1. The molecule has 0 aliphatic carbocycles. The fourth-order valence-electron chi connectivity index (χ4n) is 1.41. The van der Waals surface area contributed by atoms with E-state index in [1.165, 1.54) is 0 Å². The molecule has 1 N–H and O–H groups in total. The maximum absolute atomic E-state index is 10.6. The molecule has 0 saturated heterocycles. The van der Waals surface area contributed by atoms with E-state index in [-0.39, 0.29) is 6.42 Å². The molecule has 0 fully saturated rings. The number of oxazole rings is 1. The van der Waals surface area contributed by atoms with Crippen LogP contribution in [0.5, 0.6) is 0 Å². The van der Waals surface area contributed by atoms with Crippen molar-refractivity contribution < 1.29 is 14.3 Å². The summed E-state index contributed by atoms with van der Waals surface area (Å²) in [5.74, 6) is -0.292. The first-order valence-electron chi connectivity index (χ1n) is 4.33. The minimum absolute atomic E-state index is 0.0254. The molecule has 0 spiro atoms. The van der Waals surface area contributed by atoms with E-state index in [2.05, 4.69) is 20.9 Å². The van der Waals surface area contributed by atoms with Gasteiger partial charge in [0.25, 0.3) is 0 Å². The van der Waals surface area contributed by atoms with Gasteiger partial charge in [-0.25, -0.2) is 4.98 Å². The predicted molar refractivity (Wildman–Crippen MR) is 57.8 cm³/mol. The third-order valence-corrected chi connectivity index (χ3v) is 2.74. The summed E-state index contributed by atoms with van der Waals surface area (Å²) in [6.07, 6.45) is -0.0254. The van der Waals surface area contributed by atoms with Crippen molar-refractivity contribution in [1.29, 1.82) is 0 Å². The first kappa shape index (κ1) is 10.2. The first-order valence-corrected chi connectivity index (χ1v) is 5.13. The number of carbonyl (C=O) groups is 1. The highest BCUT2D eigenvalue weighted by Gasteiger charge is 2.10. The second-order valence-electron chi connectivity index (χ2n) is 3.21. The number of benzene rings is 1. The van der Waals surface area contributed by atoms with Gasteiger partial charge >= 0.3 is 5.97 Å². The van der Waals surface area contributed by atoms with Gasteiger partial charge in [0.2, 0.25) is 0 Å². The monoisotopic (exact) mass is 269 g/mol. The molecule has 0 aliphatic rings. The Labute approximate surface area is 94.0 Å². The topological polar surface area (TPSA) is 63.3 Å². The fraction of sp³-hybridized carbons (Fsp3) is 0.200. The van der Waals surface area contributed by atoms with E-state index in [0.717, 1.165) is 4.47 Å². The van der Waals surface area contributed by atoms with Gasteiger partial charge in [-0.2, -0.15) is 0 Å². The van der Waals surface area contributed by atoms with Gasteiger partial charge in [0.15, 0.2) is 11.5 Å². The smallest absolute Gasteiger partial charge is 0.307 e. The molecule has 0 saturated carbocycles. The Morgan fingerprint density at radius 2 is 2.33 bits per heavy atom. The Morgan fingerprint density at radius 1 is 1.60 bits per heavy atom. The molecule has 1 heterocycles. The van der Waals surface area contributed by atoms with Crippen LogP contribution in [0.15, 0.2) is 21.0 Å². The van der Waals surface area contributed by atoms with Gasteiger partial charge in [-0.1, -0.05) is 15.9 Å². The van der Waals surface area contributed by atoms with Crippen molar-refractivity contribution in [2.24, 2.45) is 0 Å². The minimum Gasteiger partial charge on any atom is -0.481 e. The lowest BCUT2D eigenvalue weighted by Gasteiger charge is -1.99. The van der Waals surface area contributed by atoms with E-state index in [1.807, 2.05) is 0 Å². The lowest BCUT2D eigenvalue weighted by Crippen LogP contribution is -2.00. The molecule has 0 aliphatic heterocycles. The number of nitrogens with zero attached hydrogens (tertiary/aromatic N) is 1. The Hall–Kier alpha value is -1.36. The maximum atomic E-state index is 10.6. The molecule has 0 radical (unpaired) electrons. The third kappa shape index (κ3) is 2.02. The van der Waals surface area contributed by atoms with Gasteiger partial charge in [0, 0.05) is 11.4 Å². The minimum atomic E-state index is -0.865. The lowest BCUT2D eigenvalue weighted by molar-refractivity contribution is -0.136. The molecule has 2 rings (SSSR count). The number of fused-ring (bicyclic) bond motifs is 1. The van der Waals surface area contributed by atoms with Gasteiger partial charge in [-0.05, 0) is 17.7 Å². The zero-order valence-corrected chi connectivity index (χ0v) is 9.54. The molecule has 0 atom stereocenters. The van der Waals surface area contributed by atoms with Crippen LogP contribution in [-0.2, 0) is 11.2 Å². The van der Waals surface area contributed by atoms with Crippen molar-refractivity contribution in [3.8, 4) is 0 Å². The van der Waals surface area contributed by atoms with Crippen molar-refractivity contribution in [3.63, 3.8) is 0 Å². The van der Waals surface area contributed by atoms with E-state index >= 15 is 0 Å². The Morgan fingerprint density at radius 3 is 3.00 bits per heavy atom. The highest BCUT2D eigenvalue weighted by molar-refractivity contribution is 9.10. The summed E-state index contributed by atoms with van der Waals surface area (Å²) in [4.78, 5) is 14.7. The van der Waals surface area contributed by atoms with E-state index in [1.54, 1.807) is 19.1 Å². The van der Waals surface area contributed by atoms with Gasteiger partial charge in [-0.15, -0.1) is 0 Å². The lowest BCUT2D eigenvalue weighted by atomic mass is 10.1. The molecule has 4 nitrogen and oxygen atoms in total. The van der Waals surface area contributed by atoms with E-state index < -0.39 is 5.97 Å². The number of aromatic nitrogens is 1. The quantitative estimate of drug-likeness (QED) is 0.910. The van der Waals surface area contributed by atoms with Gasteiger partial charge in [0.05, 0.1) is 6.42 Å². The molecule has 5 heteroatoms. The maximum Gasteiger partial charge on any atom is 0.307 e. The summed E-state index contributed by atoms with van der Waals surface area (Å²) in [6.45, 7) is 1.75. The largest absolute Gasteiger partial charge is 0.481 e. The molecule has 1 aromatic carbocycles.